The summed E-state index contributed by atoms with van der Waals surface area (Å²) < 4.78 is 6.79. The number of rotatable bonds is 7. The van der Waals surface area contributed by atoms with Crippen molar-refractivity contribution in [2.75, 3.05) is 33.4 Å². The molecular weight excluding hydrogens is 254 g/mol. The number of aromatic nitrogens is 1. The van der Waals surface area contributed by atoms with Gasteiger partial charge in [0.25, 0.3) is 5.91 Å². The van der Waals surface area contributed by atoms with Crippen LogP contribution in [-0.2, 0) is 11.8 Å². The summed E-state index contributed by atoms with van der Waals surface area (Å²) in [5.74, 6) is -0.0332. The van der Waals surface area contributed by atoms with Crippen molar-refractivity contribution in [2.45, 2.75) is 6.92 Å². The Labute approximate surface area is 114 Å². The molecule has 0 bridgehead atoms. The number of nitrogens with one attached hydrogen (secondary N) is 2. The number of ether oxygens (including phenoxy) is 1. The molecule has 2 N–H and O–H groups in total. The van der Waals surface area contributed by atoms with Gasteiger partial charge in [0.2, 0.25) is 0 Å². The van der Waals surface area contributed by atoms with Gasteiger partial charge in [0.15, 0.2) is 0 Å². The van der Waals surface area contributed by atoms with E-state index in [2.05, 4.69) is 10.6 Å². The SMILES string of the molecule is COCCNCCNC(=O)c1ccc(C)n1C.Cl. The monoisotopic (exact) mass is 275 g/mol. The van der Waals surface area contributed by atoms with E-state index in [9.17, 15) is 4.79 Å². The van der Waals surface area contributed by atoms with Gasteiger partial charge < -0.3 is 19.9 Å². The van der Waals surface area contributed by atoms with Gasteiger partial charge in [-0.25, -0.2) is 0 Å². The first-order valence-corrected chi connectivity index (χ1v) is 5.77. The van der Waals surface area contributed by atoms with Gasteiger partial charge >= 0.3 is 0 Å². The highest BCUT2D eigenvalue weighted by molar-refractivity contribution is 5.92. The first-order chi connectivity index (χ1) is 8.16. The molecule has 0 unspecified atom stereocenters. The van der Waals surface area contributed by atoms with Crippen LogP contribution in [0.25, 0.3) is 0 Å². The lowest BCUT2D eigenvalue weighted by Crippen LogP contribution is -2.33. The predicted molar refractivity (Wildman–Crippen MR) is 74.5 cm³/mol. The fourth-order valence-corrected chi connectivity index (χ4v) is 1.50. The number of carbonyl (C=O) groups is 1. The Morgan fingerprint density at radius 3 is 2.61 bits per heavy atom. The lowest BCUT2D eigenvalue weighted by molar-refractivity contribution is 0.0945. The van der Waals surface area contributed by atoms with E-state index in [0.717, 1.165) is 18.8 Å². The molecule has 0 aliphatic heterocycles. The summed E-state index contributed by atoms with van der Waals surface area (Å²) in [7, 11) is 3.56. The van der Waals surface area contributed by atoms with Crippen molar-refractivity contribution in [1.82, 2.24) is 15.2 Å². The molecule has 0 fully saturated rings. The van der Waals surface area contributed by atoms with E-state index < -0.39 is 0 Å². The van der Waals surface area contributed by atoms with E-state index in [0.29, 0.717) is 18.8 Å². The molecule has 0 aliphatic carbocycles. The lowest BCUT2D eigenvalue weighted by Gasteiger charge is -2.08. The van der Waals surface area contributed by atoms with Crippen LogP contribution in [0.3, 0.4) is 0 Å². The summed E-state index contributed by atoms with van der Waals surface area (Å²) in [6.07, 6.45) is 0. The Hall–Kier alpha value is -1.04. The maximum atomic E-state index is 11.8. The predicted octanol–water partition coefficient (Wildman–Crippen LogP) is 0.721. The van der Waals surface area contributed by atoms with Crippen LogP contribution in [0, 0.1) is 6.92 Å². The van der Waals surface area contributed by atoms with Crippen LogP contribution in [0.4, 0.5) is 0 Å². The van der Waals surface area contributed by atoms with Crippen molar-refractivity contribution < 1.29 is 9.53 Å². The second kappa shape index (κ2) is 8.97. The van der Waals surface area contributed by atoms with Crippen LogP contribution in [-0.4, -0.2) is 43.8 Å². The first-order valence-electron chi connectivity index (χ1n) is 5.77. The Kier molecular flexibility index (Phi) is 8.45. The molecule has 0 saturated carbocycles. The van der Waals surface area contributed by atoms with Crippen LogP contribution in [0.15, 0.2) is 12.1 Å². The molecule has 18 heavy (non-hydrogen) atoms. The second-order valence-corrected chi connectivity index (χ2v) is 3.92. The zero-order valence-corrected chi connectivity index (χ0v) is 12.0. The van der Waals surface area contributed by atoms with Crippen LogP contribution in [0.2, 0.25) is 0 Å². The highest BCUT2D eigenvalue weighted by Crippen LogP contribution is 2.04. The van der Waals surface area contributed by atoms with E-state index in [1.807, 2.05) is 30.7 Å². The third-order valence-electron chi connectivity index (χ3n) is 2.68. The van der Waals surface area contributed by atoms with Crippen molar-refractivity contribution >= 4 is 18.3 Å². The minimum Gasteiger partial charge on any atom is -0.383 e. The molecule has 1 heterocycles. The topological polar surface area (TPSA) is 55.3 Å². The van der Waals surface area contributed by atoms with Gasteiger partial charge in [-0.15, -0.1) is 12.4 Å². The molecule has 1 amide bonds. The maximum absolute atomic E-state index is 11.8. The van der Waals surface area contributed by atoms with Gasteiger partial charge in [-0.05, 0) is 19.1 Å². The van der Waals surface area contributed by atoms with Gasteiger partial charge in [-0.2, -0.15) is 0 Å². The molecule has 6 heteroatoms. The number of halogens is 1. The number of carbonyl (C=O) groups excluding carboxylic acids is 1. The molecule has 0 saturated heterocycles. The normalized spacial score (nSPS) is 9.94. The molecule has 5 nitrogen and oxygen atoms in total. The van der Waals surface area contributed by atoms with E-state index >= 15 is 0 Å². The van der Waals surface area contributed by atoms with Crippen molar-refractivity contribution in [3.05, 3.63) is 23.5 Å². The van der Waals surface area contributed by atoms with Crippen molar-refractivity contribution in [3.63, 3.8) is 0 Å². The molecule has 1 aromatic heterocycles. The van der Waals surface area contributed by atoms with E-state index in [1.165, 1.54) is 0 Å². The van der Waals surface area contributed by atoms with Crippen LogP contribution < -0.4 is 10.6 Å². The number of methoxy groups -OCH3 is 1. The zero-order valence-electron chi connectivity index (χ0n) is 11.2. The molecule has 1 aromatic rings. The zero-order chi connectivity index (χ0) is 12.7. The summed E-state index contributed by atoms with van der Waals surface area (Å²) in [5.41, 5.74) is 1.77. The van der Waals surface area contributed by atoms with Crippen molar-refractivity contribution in [1.29, 1.82) is 0 Å². The minimum atomic E-state index is -0.0332. The van der Waals surface area contributed by atoms with E-state index in [1.54, 1.807) is 7.11 Å². The lowest BCUT2D eigenvalue weighted by atomic mass is 10.4. The number of aryl methyl sites for hydroxylation is 1. The highest BCUT2D eigenvalue weighted by atomic mass is 35.5. The smallest absolute Gasteiger partial charge is 0.267 e. The summed E-state index contributed by atoms with van der Waals surface area (Å²) in [6, 6.07) is 3.77. The molecule has 0 aromatic carbocycles. The van der Waals surface area contributed by atoms with Gasteiger partial charge in [0.05, 0.1) is 6.61 Å². The van der Waals surface area contributed by atoms with E-state index in [-0.39, 0.29) is 18.3 Å². The number of nitrogens with zero attached hydrogens (tertiary/aromatic N) is 1. The molecule has 0 atom stereocenters. The number of amides is 1. The van der Waals surface area contributed by atoms with Gasteiger partial charge in [-0.1, -0.05) is 0 Å². The molecule has 0 spiro atoms. The summed E-state index contributed by atoms with van der Waals surface area (Å²) in [6.45, 7) is 4.83. The van der Waals surface area contributed by atoms with Crippen LogP contribution in [0.5, 0.6) is 0 Å². The fourth-order valence-electron chi connectivity index (χ4n) is 1.50. The summed E-state index contributed by atoms with van der Waals surface area (Å²) in [4.78, 5) is 11.8. The maximum Gasteiger partial charge on any atom is 0.267 e. The first kappa shape index (κ1) is 17.0. The molecule has 0 radical (unpaired) electrons. The number of hydrogen-bond donors (Lipinski definition) is 2. The summed E-state index contributed by atoms with van der Waals surface area (Å²) in [5, 5.41) is 6.03. The van der Waals surface area contributed by atoms with Gasteiger partial charge in [0, 0.05) is 39.5 Å². The van der Waals surface area contributed by atoms with Gasteiger partial charge in [-0.3, -0.25) is 4.79 Å². The molecule has 104 valence electrons. The Morgan fingerprint density at radius 1 is 1.33 bits per heavy atom. The molecule has 0 aliphatic rings. The van der Waals surface area contributed by atoms with Crippen LogP contribution >= 0.6 is 12.4 Å². The third kappa shape index (κ3) is 5.08. The average molecular weight is 276 g/mol. The molecule has 1 rings (SSSR count). The summed E-state index contributed by atoms with van der Waals surface area (Å²) >= 11 is 0. The van der Waals surface area contributed by atoms with Crippen molar-refractivity contribution in [2.24, 2.45) is 7.05 Å². The van der Waals surface area contributed by atoms with Crippen molar-refractivity contribution in [3.8, 4) is 0 Å². The Balaban J connectivity index is 0.00000289. The molecular formula is C12H22ClN3O2. The Bertz CT molecular complexity index is 366. The third-order valence-corrected chi connectivity index (χ3v) is 2.68. The minimum absolute atomic E-state index is 0. The van der Waals surface area contributed by atoms with Crippen LogP contribution in [0.1, 0.15) is 16.2 Å². The standard InChI is InChI=1S/C12H21N3O2.ClH/c1-10-4-5-11(15(10)2)12(16)14-7-6-13-8-9-17-3;/h4-5,13H,6-9H2,1-3H3,(H,14,16);1H. The average Bonchev–Trinajstić information content (AvgIpc) is 2.64. The fraction of sp³-hybridized carbons (Fsp3) is 0.583. The second-order valence-electron chi connectivity index (χ2n) is 3.92. The van der Waals surface area contributed by atoms with Gasteiger partial charge in [0.1, 0.15) is 5.69 Å². The number of hydrogen-bond acceptors (Lipinski definition) is 3. The quantitative estimate of drug-likeness (QED) is 0.721. The Morgan fingerprint density at radius 2 is 2.06 bits per heavy atom. The van der Waals surface area contributed by atoms with E-state index in [4.69, 9.17) is 4.74 Å². The highest BCUT2D eigenvalue weighted by Gasteiger charge is 2.09. The largest absolute Gasteiger partial charge is 0.383 e.